The van der Waals surface area contributed by atoms with Crippen molar-refractivity contribution in [2.24, 2.45) is 23.1 Å². The molecule has 0 spiro atoms. The molecule has 0 bridgehead atoms. The Morgan fingerprint density at radius 3 is 2.18 bits per heavy atom. The Kier molecular flexibility index (Phi) is 40.0. The van der Waals surface area contributed by atoms with Gasteiger partial charge in [-0.25, -0.2) is 14.4 Å². The van der Waals surface area contributed by atoms with Gasteiger partial charge in [0.05, 0.1) is 83.2 Å². The summed E-state index contributed by atoms with van der Waals surface area (Å²) < 4.78 is 53.1. The molecule has 572 valence electrons. The van der Waals surface area contributed by atoms with Crippen molar-refractivity contribution in [3.63, 3.8) is 0 Å². The van der Waals surface area contributed by atoms with E-state index in [9.17, 15) is 53.4 Å². The van der Waals surface area contributed by atoms with Gasteiger partial charge in [0, 0.05) is 74.3 Å². The number of carbonyl (C=O) groups excluding carboxylic acids is 9. The molecule has 2 fully saturated rings. The number of rotatable bonds is 42. The number of likely N-dealkylation sites (N-methyl/N-ethyl adjacent to an activating group) is 1. The van der Waals surface area contributed by atoms with E-state index in [1.807, 2.05) is 25.7 Å². The SMILES string of the molecule is C/C=C\C#C[C@H](O[C@@H]1O[C@H](C)C[C@H](O)[C@H]1O[C@H]1C[C@H](OC)[C@@H](N(CC)CC(=O)NCCOCCOCCNC(=O)OCc2ccc(NC(=O)[C@H](CCCNC(N)=O)NC(=O)[C@@H](NC(=O)[C@H](CCCCN)NC(C)=O)C(C)C)cc2)CO1)C1=C(NC(=O)OC)C(=O)C[C@](N)(O)/C1=C/CSSC(C)C. The first-order valence-corrected chi connectivity index (χ1v) is 36.6. The third-order valence-electron chi connectivity index (χ3n) is 16.0. The molecule has 9 amide bonds. The molecular formula is C68H108N12O20S2. The number of carbonyl (C=O) groups is 9. The molecule has 102 heavy (non-hydrogen) atoms. The maximum absolute atomic E-state index is 13.8. The number of unbranched alkanes of at least 4 members (excludes halogenated alkanes) is 1. The summed E-state index contributed by atoms with van der Waals surface area (Å²) >= 11 is 0. The summed E-state index contributed by atoms with van der Waals surface area (Å²) in [6, 6.07) is 2.26. The number of nitrogens with one attached hydrogen (secondary N) is 8. The van der Waals surface area contributed by atoms with Gasteiger partial charge in [-0.1, -0.05) is 92.3 Å². The molecule has 2 heterocycles. The molecule has 2 saturated heterocycles. The lowest BCUT2D eigenvalue weighted by molar-refractivity contribution is -0.321. The molecule has 1 aliphatic carbocycles. The number of urea groups is 1. The number of nitrogens with zero attached hydrogens (tertiary/aromatic N) is 1. The van der Waals surface area contributed by atoms with E-state index in [4.69, 9.17) is 59.8 Å². The van der Waals surface area contributed by atoms with Crippen LogP contribution in [0.5, 0.6) is 0 Å². The van der Waals surface area contributed by atoms with Crippen molar-refractivity contribution in [2.75, 3.05) is 97.6 Å². The van der Waals surface area contributed by atoms with E-state index in [0.717, 1.165) is 7.11 Å². The van der Waals surface area contributed by atoms with Crippen LogP contribution in [-0.4, -0.2) is 239 Å². The summed E-state index contributed by atoms with van der Waals surface area (Å²) in [7, 11) is 5.76. The van der Waals surface area contributed by atoms with E-state index in [0.29, 0.717) is 49.4 Å². The number of allylic oxidation sites excluding steroid dienone is 3. The monoisotopic (exact) mass is 1480 g/mol. The van der Waals surface area contributed by atoms with Gasteiger partial charge >= 0.3 is 18.2 Å². The fourth-order valence-electron chi connectivity index (χ4n) is 10.9. The standard InChI is InChI=1S/C68H108N12O20S2/c1-11-13-14-20-53(57-47(25-34-101-102-42(5)6)68(71,91)37-52(83)59(57)79-67(90)93-10)99-64-60(51(82)35-43(7)98-64)100-56-36-54(92-9)50(40-96-56)80(12-2)38-55(84)72-28-30-94-32-33-95-31-29-74-66(89)97-39-45-21-23-46(24-22-45)76-61(85)49(19-17-27-73-65(70)88)77-63(87)58(41(3)4)78-62(86)48(75-44(8)81)18-15-16-26-69/h11,13,21-25,41-43,48-51,53-54,56,58,60,64,82,91H,12,15-19,26-40,69,71H2,1-10H3,(H,72,84)(H,74,89)(H,75,81)(H,76,85)(H,77,87)(H,78,86)(H,79,90)(H3,70,73,88)/b13-11-,47-25+/t43-,48+,49+,50+,51+,53+,54+,56+,58+,60-,64+,68+/m1/s1. The molecule has 4 rings (SSSR count). The highest BCUT2D eigenvalue weighted by Crippen LogP contribution is 2.39. The maximum Gasteiger partial charge on any atom is 0.411 e. The van der Waals surface area contributed by atoms with Crippen LogP contribution >= 0.6 is 21.6 Å². The molecule has 16 N–H and O–H groups in total. The summed E-state index contributed by atoms with van der Waals surface area (Å²) in [6.45, 7) is 16.3. The molecular weight excluding hydrogens is 1370 g/mol. The van der Waals surface area contributed by atoms with Crippen molar-refractivity contribution in [1.29, 1.82) is 0 Å². The average molecular weight is 1480 g/mol. The fraction of sp³-hybridized carbons (Fsp3) is 0.662. The number of methoxy groups -OCH3 is 2. The van der Waals surface area contributed by atoms with Gasteiger partial charge in [0.25, 0.3) is 0 Å². The van der Waals surface area contributed by atoms with Gasteiger partial charge < -0.3 is 102 Å². The first kappa shape index (κ1) is 87.5. The molecule has 0 unspecified atom stereocenters. The molecule has 1 aromatic carbocycles. The number of benzene rings is 1. The minimum atomic E-state index is -2.20. The molecule has 2 aliphatic heterocycles. The first-order chi connectivity index (χ1) is 48.6. The Morgan fingerprint density at radius 2 is 1.55 bits per heavy atom. The molecule has 0 aromatic heterocycles. The normalized spacial score (nSPS) is 22.2. The number of Topliss-reactive ketones (excluding diaryl/α,β-unsaturated/α-hetero) is 1. The van der Waals surface area contributed by atoms with Crippen LogP contribution in [-0.2, 0) is 78.0 Å². The van der Waals surface area contributed by atoms with Crippen LogP contribution in [0.15, 0.2) is 59.3 Å². The van der Waals surface area contributed by atoms with E-state index in [2.05, 4.69) is 54.4 Å². The number of anilines is 1. The van der Waals surface area contributed by atoms with E-state index in [1.54, 1.807) is 88.1 Å². The minimum absolute atomic E-state index is 0.00757. The van der Waals surface area contributed by atoms with E-state index in [1.165, 1.54) is 17.7 Å². The molecule has 1 aromatic rings. The first-order valence-electron chi connectivity index (χ1n) is 34.3. The summed E-state index contributed by atoms with van der Waals surface area (Å²) in [6.07, 6.45) is -2.27. The van der Waals surface area contributed by atoms with Crippen LogP contribution in [0.25, 0.3) is 0 Å². The molecule has 12 atom stereocenters. The summed E-state index contributed by atoms with van der Waals surface area (Å²) in [5, 5.41) is 44.8. The lowest BCUT2D eigenvalue weighted by Gasteiger charge is -2.44. The zero-order valence-electron chi connectivity index (χ0n) is 60.1. The quantitative estimate of drug-likeness (QED) is 0.0192. The van der Waals surface area contributed by atoms with E-state index >= 15 is 0 Å². The Morgan fingerprint density at radius 1 is 0.863 bits per heavy atom. The highest BCUT2D eigenvalue weighted by molar-refractivity contribution is 8.77. The Labute approximate surface area is 605 Å². The zero-order valence-corrected chi connectivity index (χ0v) is 61.8. The molecule has 32 nitrogen and oxygen atoms in total. The Balaban J connectivity index is 1.21. The van der Waals surface area contributed by atoms with Crippen LogP contribution in [0.4, 0.5) is 20.1 Å². The van der Waals surface area contributed by atoms with Gasteiger partial charge in [-0.2, -0.15) is 0 Å². The average Bonchev–Trinajstić information content (AvgIpc) is 0.759. The Hall–Kier alpha value is -6.95. The second-order valence-electron chi connectivity index (χ2n) is 24.9. The second-order valence-corrected chi connectivity index (χ2v) is 27.9. The number of primary amides is 1. The van der Waals surface area contributed by atoms with Gasteiger partial charge in [0.1, 0.15) is 42.7 Å². The van der Waals surface area contributed by atoms with Crippen LogP contribution in [0.2, 0.25) is 0 Å². The van der Waals surface area contributed by atoms with E-state index < -0.39 is 127 Å². The number of ether oxygens (including phenoxy) is 9. The van der Waals surface area contributed by atoms with Crippen molar-refractivity contribution in [1.82, 2.24) is 42.1 Å². The lowest BCUT2D eigenvalue weighted by atomic mass is 9.80. The van der Waals surface area contributed by atoms with E-state index in [-0.39, 0.29) is 126 Å². The molecule has 3 aliphatic rings. The van der Waals surface area contributed by atoms with Crippen molar-refractivity contribution >= 4 is 80.8 Å². The minimum Gasteiger partial charge on any atom is -0.453 e. The fourth-order valence-corrected chi connectivity index (χ4v) is 12.8. The number of aliphatic hydroxyl groups is 2. The molecule has 34 heteroatoms. The van der Waals surface area contributed by atoms with Crippen molar-refractivity contribution < 1.29 is 96.0 Å². The van der Waals surface area contributed by atoms with Crippen LogP contribution < -0.4 is 59.7 Å². The van der Waals surface area contributed by atoms with Gasteiger partial charge in [-0.05, 0) is 88.7 Å². The summed E-state index contributed by atoms with van der Waals surface area (Å²) in [5.41, 5.74) is 15.9. The topological polar surface area (TPSA) is 455 Å². The number of nitrogens with two attached hydrogens (primary N) is 3. The maximum atomic E-state index is 13.8. The largest absolute Gasteiger partial charge is 0.453 e. The van der Waals surface area contributed by atoms with Crippen molar-refractivity contribution in [3.8, 4) is 11.8 Å². The highest BCUT2D eigenvalue weighted by Gasteiger charge is 2.48. The molecule has 0 saturated carbocycles. The van der Waals surface area contributed by atoms with Gasteiger partial charge in [0.2, 0.25) is 29.5 Å². The number of hydrogen-bond donors (Lipinski definition) is 13. The predicted octanol–water partition coefficient (Wildman–Crippen LogP) is 1.95. The van der Waals surface area contributed by atoms with Crippen LogP contribution in [0, 0.1) is 17.8 Å². The number of alkyl carbamates (subject to hydrolysis) is 2. The van der Waals surface area contributed by atoms with Crippen LogP contribution in [0.1, 0.15) is 112 Å². The number of ketones is 1. The molecule has 0 radical (unpaired) electrons. The van der Waals surface area contributed by atoms with Crippen molar-refractivity contribution in [3.05, 3.63) is 64.9 Å². The Bertz CT molecular complexity index is 3020. The van der Waals surface area contributed by atoms with Gasteiger partial charge in [0.15, 0.2) is 18.4 Å². The predicted molar refractivity (Wildman–Crippen MR) is 382 cm³/mol. The van der Waals surface area contributed by atoms with Crippen molar-refractivity contribution in [2.45, 2.75) is 192 Å². The third-order valence-corrected chi connectivity index (χ3v) is 18.8. The number of amides is 9. The summed E-state index contributed by atoms with van der Waals surface area (Å²) in [5.74, 6) is 2.65. The van der Waals surface area contributed by atoms with Gasteiger partial charge in [-0.3, -0.25) is 44.7 Å². The summed E-state index contributed by atoms with van der Waals surface area (Å²) in [4.78, 5) is 118. The number of aliphatic hydroxyl groups excluding tert-OH is 1. The number of hydrogen-bond acceptors (Lipinski definition) is 25. The highest BCUT2D eigenvalue weighted by atomic mass is 33.1. The third kappa shape index (κ3) is 31.2. The van der Waals surface area contributed by atoms with Gasteiger partial charge in [-0.15, -0.1) is 0 Å². The second kappa shape index (κ2) is 46.7. The lowest BCUT2D eigenvalue weighted by Crippen LogP contribution is -2.58. The smallest absolute Gasteiger partial charge is 0.411 e. The van der Waals surface area contributed by atoms with Crippen LogP contribution in [0.3, 0.4) is 0 Å². The zero-order chi connectivity index (χ0) is 75.3.